The van der Waals surface area contributed by atoms with Gasteiger partial charge < -0.3 is 9.42 Å². The molecule has 0 bridgehead atoms. The van der Waals surface area contributed by atoms with Crippen molar-refractivity contribution in [1.82, 2.24) is 10.1 Å². The third-order valence-electron chi connectivity index (χ3n) is 4.71. The molecule has 1 saturated heterocycles. The maximum absolute atomic E-state index is 6.07. The zero-order valence-corrected chi connectivity index (χ0v) is 14.6. The quantitative estimate of drug-likeness (QED) is 0.598. The monoisotopic (exact) mass is 347 g/mol. The van der Waals surface area contributed by atoms with Crippen molar-refractivity contribution in [3.63, 3.8) is 0 Å². The molecule has 1 aliphatic carbocycles. The van der Waals surface area contributed by atoms with E-state index in [-0.39, 0.29) is 6.04 Å². The summed E-state index contributed by atoms with van der Waals surface area (Å²) in [7, 11) is 1.85. The molecule has 2 aromatic rings. The number of benzene rings is 1. The molecule has 4 rings (SSSR count). The Labute approximate surface area is 144 Å². The molecule has 1 aromatic heterocycles. The van der Waals surface area contributed by atoms with Gasteiger partial charge in [0, 0.05) is 30.2 Å². The van der Waals surface area contributed by atoms with Gasteiger partial charge >= 0.3 is 0 Å². The molecule has 1 saturated carbocycles. The van der Waals surface area contributed by atoms with Gasteiger partial charge in [0.2, 0.25) is 0 Å². The normalized spacial score (nSPS) is 26.5. The van der Waals surface area contributed by atoms with Crippen molar-refractivity contribution in [2.24, 2.45) is 16.8 Å². The largest absolute Gasteiger partial charge is 0.356 e. The summed E-state index contributed by atoms with van der Waals surface area (Å²) in [6.45, 7) is 1.07. The summed E-state index contributed by atoms with van der Waals surface area (Å²) in [6.07, 6.45) is 3.36. The van der Waals surface area contributed by atoms with Crippen LogP contribution in [0, 0.1) is 11.8 Å². The van der Waals surface area contributed by atoms with Crippen molar-refractivity contribution in [2.45, 2.75) is 12.5 Å². The second kappa shape index (κ2) is 5.87. The van der Waals surface area contributed by atoms with Gasteiger partial charge in [-0.1, -0.05) is 40.7 Å². The number of amidine groups is 1. The highest BCUT2D eigenvalue weighted by Crippen LogP contribution is 2.56. The van der Waals surface area contributed by atoms with E-state index < -0.39 is 0 Å². The Hall–Kier alpha value is -1.46. The van der Waals surface area contributed by atoms with E-state index in [0.717, 1.165) is 34.6 Å². The summed E-state index contributed by atoms with van der Waals surface area (Å²) in [5.41, 5.74) is 1.96. The average Bonchev–Trinajstić information content (AvgIpc) is 2.98. The first-order chi connectivity index (χ1) is 11.2. The third kappa shape index (κ3) is 2.66. The first kappa shape index (κ1) is 15.1. The molecular weight excluding hydrogens is 330 g/mol. The molecule has 2 fully saturated rings. The second-order valence-electron chi connectivity index (χ2n) is 6.09. The Morgan fingerprint density at radius 1 is 1.43 bits per heavy atom. The molecule has 1 aliphatic heterocycles. The van der Waals surface area contributed by atoms with Crippen molar-refractivity contribution in [3.05, 3.63) is 41.0 Å². The number of aliphatic imine (C=N–C) groups is 1. The summed E-state index contributed by atoms with van der Waals surface area (Å²) in [6, 6.07) is 10.0. The summed E-state index contributed by atoms with van der Waals surface area (Å²) in [4.78, 5) is 6.80. The van der Waals surface area contributed by atoms with Gasteiger partial charge in [-0.05, 0) is 36.6 Å². The minimum Gasteiger partial charge on any atom is -0.356 e. The molecule has 3 atom stereocenters. The number of fused-ring (bicyclic) bond motifs is 1. The third-order valence-corrected chi connectivity index (χ3v) is 5.73. The van der Waals surface area contributed by atoms with Crippen LogP contribution in [0.15, 0.2) is 39.8 Å². The maximum Gasteiger partial charge on any atom is 0.167 e. The van der Waals surface area contributed by atoms with Crippen molar-refractivity contribution in [2.75, 3.05) is 19.8 Å². The molecule has 6 heteroatoms. The van der Waals surface area contributed by atoms with E-state index in [1.807, 2.05) is 31.3 Å². The minimum atomic E-state index is 0.280. The summed E-state index contributed by atoms with van der Waals surface area (Å²) >= 11 is 7.77. The number of likely N-dealkylation sites (tertiary alicyclic amines) is 1. The average molecular weight is 348 g/mol. The van der Waals surface area contributed by atoms with Gasteiger partial charge in [-0.25, -0.2) is 0 Å². The van der Waals surface area contributed by atoms with Crippen molar-refractivity contribution < 1.29 is 4.52 Å². The van der Waals surface area contributed by atoms with Crippen molar-refractivity contribution in [1.29, 1.82) is 0 Å². The lowest BCUT2D eigenvalue weighted by Gasteiger charge is -2.27. The number of halogens is 1. The Morgan fingerprint density at radius 3 is 3.04 bits per heavy atom. The molecule has 1 aromatic carbocycles. The van der Waals surface area contributed by atoms with Crippen LogP contribution in [0.5, 0.6) is 0 Å². The number of rotatable bonds is 2. The molecule has 0 radical (unpaired) electrons. The van der Waals surface area contributed by atoms with E-state index >= 15 is 0 Å². The molecule has 0 N–H and O–H groups in total. The molecular formula is C17H18ClN3OS. The lowest BCUT2D eigenvalue weighted by Crippen LogP contribution is -2.31. The number of hydrogen-bond acceptors (Lipinski definition) is 4. The topological polar surface area (TPSA) is 41.6 Å². The minimum absolute atomic E-state index is 0.280. The van der Waals surface area contributed by atoms with E-state index in [4.69, 9.17) is 16.1 Å². The number of aromatic nitrogens is 1. The van der Waals surface area contributed by atoms with Crippen LogP contribution in [0.1, 0.15) is 18.2 Å². The smallest absolute Gasteiger partial charge is 0.167 e. The highest BCUT2D eigenvalue weighted by atomic mass is 35.5. The first-order valence-electron chi connectivity index (χ1n) is 7.71. The highest BCUT2D eigenvalue weighted by molar-refractivity contribution is 8.13. The SMILES string of the molecule is C/N=C(\SC)N1C[C@H]2C[C@H]2[C@@H]1c1cc(-c2cccc(Cl)c2)on1. The predicted molar refractivity (Wildman–Crippen MR) is 94.9 cm³/mol. The van der Waals surface area contributed by atoms with Crippen molar-refractivity contribution in [3.8, 4) is 11.3 Å². The number of hydrogen-bond donors (Lipinski definition) is 0. The van der Waals surface area contributed by atoms with E-state index in [1.54, 1.807) is 11.8 Å². The van der Waals surface area contributed by atoms with Gasteiger partial charge in [-0.15, -0.1) is 0 Å². The molecule has 4 nitrogen and oxygen atoms in total. The summed E-state index contributed by atoms with van der Waals surface area (Å²) in [5, 5.41) is 6.14. The van der Waals surface area contributed by atoms with E-state index in [9.17, 15) is 0 Å². The summed E-state index contributed by atoms with van der Waals surface area (Å²) < 4.78 is 5.60. The molecule has 0 spiro atoms. The Bertz CT molecular complexity index is 760. The zero-order valence-electron chi connectivity index (χ0n) is 13.1. The van der Waals surface area contributed by atoms with Gasteiger partial charge in [0.25, 0.3) is 0 Å². The Morgan fingerprint density at radius 2 is 2.30 bits per heavy atom. The molecule has 2 heterocycles. The van der Waals surface area contributed by atoms with Gasteiger partial charge in [0.1, 0.15) is 5.69 Å². The fraction of sp³-hybridized carbons (Fsp3) is 0.412. The Balaban J connectivity index is 1.65. The van der Waals surface area contributed by atoms with Crippen LogP contribution in [0.4, 0.5) is 0 Å². The fourth-order valence-electron chi connectivity index (χ4n) is 3.58. The van der Waals surface area contributed by atoms with Gasteiger partial charge in [-0.2, -0.15) is 0 Å². The van der Waals surface area contributed by atoms with Crippen molar-refractivity contribution >= 4 is 28.5 Å². The molecule has 0 unspecified atom stereocenters. The predicted octanol–water partition coefficient (Wildman–Crippen LogP) is 4.34. The van der Waals surface area contributed by atoms with Crippen LogP contribution in [0.2, 0.25) is 5.02 Å². The second-order valence-corrected chi connectivity index (χ2v) is 7.30. The van der Waals surface area contributed by atoms with E-state index in [0.29, 0.717) is 10.9 Å². The maximum atomic E-state index is 6.07. The van der Waals surface area contributed by atoms with Crippen LogP contribution in [0.3, 0.4) is 0 Å². The van der Waals surface area contributed by atoms with Crippen LogP contribution in [0.25, 0.3) is 11.3 Å². The molecule has 120 valence electrons. The number of thioether (sulfide) groups is 1. The van der Waals surface area contributed by atoms with Crippen LogP contribution < -0.4 is 0 Å². The van der Waals surface area contributed by atoms with Crippen LogP contribution in [-0.4, -0.2) is 35.1 Å². The highest BCUT2D eigenvalue weighted by Gasteiger charge is 2.54. The number of nitrogens with zero attached hydrogens (tertiary/aromatic N) is 3. The lowest BCUT2D eigenvalue weighted by atomic mass is 10.1. The lowest BCUT2D eigenvalue weighted by molar-refractivity contribution is 0.325. The standard InChI is InChI=1S/C17H18ClN3OS/c1-19-17(23-2)21-9-11-7-13(11)16(21)14-8-15(22-20-14)10-4-3-5-12(18)6-10/h3-6,8,11,13,16H,7,9H2,1-2H3/b19-17-/t11-,13-,16-/m1/s1. The molecule has 2 aliphatic rings. The first-order valence-corrected chi connectivity index (χ1v) is 9.31. The number of piperidine rings is 1. The molecule has 0 amide bonds. The van der Waals surface area contributed by atoms with Gasteiger partial charge in [-0.3, -0.25) is 4.99 Å². The fourth-order valence-corrected chi connectivity index (χ4v) is 4.38. The van der Waals surface area contributed by atoms with Crippen LogP contribution in [-0.2, 0) is 0 Å². The van der Waals surface area contributed by atoms with Crippen LogP contribution >= 0.6 is 23.4 Å². The summed E-state index contributed by atoms with van der Waals surface area (Å²) in [5.74, 6) is 2.22. The van der Waals surface area contributed by atoms with Gasteiger partial charge in [0.05, 0.1) is 6.04 Å². The Kier molecular flexibility index (Phi) is 3.85. The van der Waals surface area contributed by atoms with E-state index in [2.05, 4.69) is 27.4 Å². The molecule has 23 heavy (non-hydrogen) atoms. The zero-order chi connectivity index (χ0) is 16.0. The van der Waals surface area contributed by atoms with Gasteiger partial charge in [0.15, 0.2) is 10.9 Å². The van der Waals surface area contributed by atoms with E-state index in [1.165, 1.54) is 6.42 Å².